The summed E-state index contributed by atoms with van der Waals surface area (Å²) in [5.74, 6) is -0.437. The number of unbranched alkanes of at least 4 members (excludes halogenated alkanes) is 13. The van der Waals surface area contributed by atoms with Gasteiger partial charge in [-0.15, -0.1) is 23.5 Å². The van der Waals surface area contributed by atoms with Crippen molar-refractivity contribution >= 4 is 53.1 Å². The molecule has 0 radical (unpaired) electrons. The molecule has 0 fully saturated rings. The van der Waals surface area contributed by atoms with E-state index in [0.717, 1.165) is 32.1 Å². The van der Waals surface area contributed by atoms with Gasteiger partial charge in [0.1, 0.15) is 6.04 Å². The summed E-state index contributed by atoms with van der Waals surface area (Å²) in [6.07, 6.45) is 18.1. The van der Waals surface area contributed by atoms with Gasteiger partial charge in [-0.2, -0.15) is 0 Å². The summed E-state index contributed by atoms with van der Waals surface area (Å²) < 4.78 is 16.6. The molecule has 0 aromatic heterocycles. The largest absolute Gasteiger partial charge is 0.481 e. The van der Waals surface area contributed by atoms with Crippen LogP contribution in [-0.2, 0) is 38.2 Å². The Labute approximate surface area is 347 Å². The maximum Gasteiger partial charge on any atom is 0.303 e. The zero-order valence-electron chi connectivity index (χ0n) is 35.3. The van der Waals surface area contributed by atoms with Gasteiger partial charge in [0.15, 0.2) is 0 Å². The number of hydrogen-bond donors (Lipinski definition) is 5. The third kappa shape index (κ3) is 40.1. The molecule has 0 aromatic rings. The van der Waals surface area contributed by atoms with Crippen molar-refractivity contribution < 1.29 is 43.3 Å². The van der Waals surface area contributed by atoms with Crippen molar-refractivity contribution in [2.75, 3.05) is 70.8 Å². The molecular formula is C41H78N4O9S2. The maximum atomic E-state index is 12.9. The molecular weight excluding hydrogens is 757 g/mol. The number of carbonyl (C=O) groups excluding carboxylic acids is 4. The van der Waals surface area contributed by atoms with E-state index in [-0.39, 0.29) is 29.4 Å². The molecule has 0 aliphatic carbocycles. The van der Waals surface area contributed by atoms with Gasteiger partial charge in [-0.25, -0.2) is 0 Å². The van der Waals surface area contributed by atoms with Crippen molar-refractivity contribution in [3.8, 4) is 0 Å². The van der Waals surface area contributed by atoms with Gasteiger partial charge >= 0.3 is 5.97 Å². The fourth-order valence-corrected chi connectivity index (χ4v) is 6.67. The van der Waals surface area contributed by atoms with Crippen molar-refractivity contribution in [2.45, 2.75) is 160 Å². The number of hydrogen-bond acceptors (Lipinski definition) is 10. The van der Waals surface area contributed by atoms with Crippen molar-refractivity contribution in [3.05, 3.63) is 0 Å². The maximum absolute atomic E-state index is 12.9. The Morgan fingerprint density at radius 3 is 1.38 bits per heavy atom. The number of thioether (sulfide) groups is 2. The van der Waals surface area contributed by atoms with Crippen LogP contribution in [0, 0.1) is 0 Å². The van der Waals surface area contributed by atoms with Gasteiger partial charge in [0, 0.05) is 32.5 Å². The first-order valence-electron chi connectivity index (χ1n) is 21.3. The molecule has 0 heterocycles. The molecule has 0 aromatic carbocycles. The van der Waals surface area contributed by atoms with Gasteiger partial charge in [0.25, 0.3) is 0 Å². The monoisotopic (exact) mass is 835 g/mol. The standard InChI is InChI=1S/C41H78N4O9S2/c1-34(2)55-32-38(47)42-23-19-20-36(45-39(48)33-56-35(3)4)41(51)44-25-27-53-29-31-54-30-28-52-26-24-43-37(46)21-17-15-13-11-9-7-5-6-8-10-12-14-16-18-22-40(49)50/h34-36H,5-33H2,1-4H3,(H,42,47)(H,43,46)(H,44,51)(H,45,48)(H,49,50)/t36-/m0/s1. The molecule has 0 bridgehead atoms. The smallest absolute Gasteiger partial charge is 0.303 e. The molecule has 328 valence electrons. The Kier molecular flexibility index (Phi) is 38.3. The summed E-state index contributed by atoms with van der Waals surface area (Å²) in [6.45, 7) is 11.7. The van der Waals surface area contributed by atoms with E-state index >= 15 is 0 Å². The number of carboxylic acids is 1. The predicted molar refractivity (Wildman–Crippen MR) is 229 cm³/mol. The van der Waals surface area contributed by atoms with Gasteiger partial charge in [0.05, 0.1) is 51.1 Å². The minimum atomic E-state index is -0.690. The lowest BCUT2D eigenvalue weighted by Gasteiger charge is -2.19. The molecule has 13 nitrogen and oxygen atoms in total. The first-order chi connectivity index (χ1) is 27.0. The average molecular weight is 835 g/mol. The molecule has 0 saturated heterocycles. The van der Waals surface area contributed by atoms with E-state index in [2.05, 4.69) is 21.3 Å². The van der Waals surface area contributed by atoms with Gasteiger partial charge < -0.3 is 40.6 Å². The first-order valence-corrected chi connectivity index (χ1v) is 23.4. The minimum Gasteiger partial charge on any atom is -0.481 e. The molecule has 56 heavy (non-hydrogen) atoms. The van der Waals surface area contributed by atoms with Crippen molar-refractivity contribution in [1.29, 1.82) is 0 Å². The van der Waals surface area contributed by atoms with Crippen LogP contribution in [0.2, 0.25) is 0 Å². The summed E-state index contributed by atoms with van der Waals surface area (Å²) in [5, 5.41) is 20.8. The van der Waals surface area contributed by atoms with Gasteiger partial charge in [-0.05, 0) is 36.2 Å². The van der Waals surface area contributed by atoms with E-state index in [1.165, 1.54) is 69.5 Å². The fourth-order valence-electron chi connectivity index (χ4n) is 5.52. The van der Waals surface area contributed by atoms with Crippen LogP contribution in [0.25, 0.3) is 0 Å². The van der Waals surface area contributed by atoms with Gasteiger partial charge in [0.2, 0.25) is 23.6 Å². The Bertz CT molecular complexity index is 1010. The van der Waals surface area contributed by atoms with E-state index in [1.54, 1.807) is 11.8 Å². The summed E-state index contributed by atoms with van der Waals surface area (Å²) in [6, 6.07) is -0.687. The van der Waals surface area contributed by atoms with E-state index < -0.39 is 12.0 Å². The Morgan fingerprint density at radius 2 is 0.893 bits per heavy atom. The first kappa shape index (κ1) is 53.9. The molecule has 0 aliphatic heterocycles. The van der Waals surface area contributed by atoms with E-state index in [0.29, 0.717) is 101 Å². The lowest BCUT2D eigenvalue weighted by atomic mass is 10.0. The number of nitrogens with one attached hydrogen (secondary N) is 4. The third-order valence-corrected chi connectivity index (χ3v) is 10.8. The lowest BCUT2D eigenvalue weighted by molar-refractivity contribution is -0.137. The van der Waals surface area contributed by atoms with E-state index in [4.69, 9.17) is 19.3 Å². The molecule has 0 saturated carbocycles. The van der Waals surface area contributed by atoms with Gasteiger partial charge in [-0.3, -0.25) is 24.0 Å². The number of carbonyl (C=O) groups is 5. The van der Waals surface area contributed by atoms with Crippen LogP contribution in [0.15, 0.2) is 0 Å². The Hall–Kier alpha value is -2.07. The number of ether oxygens (including phenoxy) is 3. The zero-order valence-corrected chi connectivity index (χ0v) is 36.9. The van der Waals surface area contributed by atoms with Crippen LogP contribution in [0.4, 0.5) is 0 Å². The van der Waals surface area contributed by atoms with E-state index in [1.807, 2.05) is 27.7 Å². The third-order valence-electron chi connectivity index (χ3n) is 8.64. The molecule has 0 aliphatic rings. The quantitative estimate of drug-likeness (QED) is 0.0439. The molecule has 15 heteroatoms. The number of aliphatic carboxylic acids is 1. The lowest BCUT2D eigenvalue weighted by Crippen LogP contribution is -2.48. The molecule has 5 N–H and O–H groups in total. The van der Waals surface area contributed by atoms with Crippen LogP contribution < -0.4 is 21.3 Å². The van der Waals surface area contributed by atoms with Crippen molar-refractivity contribution in [3.63, 3.8) is 0 Å². The van der Waals surface area contributed by atoms with E-state index in [9.17, 15) is 24.0 Å². The highest BCUT2D eigenvalue weighted by Gasteiger charge is 2.20. The topological polar surface area (TPSA) is 181 Å². The normalized spacial score (nSPS) is 11.8. The zero-order chi connectivity index (χ0) is 41.5. The molecule has 0 unspecified atom stereocenters. The summed E-state index contributed by atoms with van der Waals surface area (Å²) in [7, 11) is 0. The van der Waals surface area contributed by atoms with Crippen LogP contribution in [0.3, 0.4) is 0 Å². The predicted octanol–water partition coefficient (Wildman–Crippen LogP) is 6.26. The van der Waals surface area contributed by atoms with Crippen molar-refractivity contribution in [2.24, 2.45) is 0 Å². The molecule has 0 rings (SSSR count). The molecule has 0 spiro atoms. The summed E-state index contributed by atoms with van der Waals surface area (Å²) >= 11 is 3.09. The fraction of sp³-hybridized carbons (Fsp3) is 0.878. The SMILES string of the molecule is CC(C)SCC(=O)NCCC[C@H](NC(=O)CSC(C)C)C(=O)NCCOCCOCCOCCNC(=O)CCCCCCCCCCCCCCCCC(=O)O. The summed E-state index contributed by atoms with van der Waals surface area (Å²) in [4.78, 5) is 59.8. The van der Waals surface area contributed by atoms with Crippen LogP contribution >= 0.6 is 23.5 Å². The highest BCUT2D eigenvalue weighted by Crippen LogP contribution is 2.14. The number of amides is 4. The van der Waals surface area contributed by atoms with Crippen LogP contribution in [0.5, 0.6) is 0 Å². The minimum absolute atomic E-state index is 0.0323. The Morgan fingerprint density at radius 1 is 0.482 bits per heavy atom. The second kappa shape index (κ2) is 39.7. The second-order valence-electron chi connectivity index (χ2n) is 14.7. The molecule has 1 atom stereocenters. The number of carboxylic acid groups (broad SMARTS) is 1. The average Bonchev–Trinajstić information content (AvgIpc) is 3.15. The highest BCUT2D eigenvalue weighted by atomic mass is 32.2. The Balaban J connectivity index is 3.73. The van der Waals surface area contributed by atoms with Crippen LogP contribution in [0.1, 0.15) is 143 Å². The number of rotatable bonds is 41. The second-order valence-corrected chi connectivity index (χ2v) is 17.8. The van der Waals surface area contributed by atoms with Crippen LogP contribution in [-0.4, -0.2) is 122 Å². The molecule has 4 amide bonds. The summed E-state index contributed by atoms with van der Waals surface area (Å²) in [5.41, 5.74) is 0. The van der Waals surface area contributed by atoms with Crippen molar-refractivity contribution in [1.82, 2.24) is 21.3 Å². The highest BCUT2D eigenvalue weighted by molar-refractivity contribution is 8.00. The van der Waals surface area contributed by atoms with Gasteiger partial charge in [-0.1, -0.05) is 105 Å².